The van der Waals surface area contributed by atoms with Gasteiger partial charge >= 0.3 is 0 Å². The van der Waals surface area contributed by atoms with Crippen LogP contribution in [0, 0.1) is 5.82 Å². The van der Waals surface area contributed by atoms with Crippen LogP contribution in [0.4, 0.5) is 4.39 Å². The van der Waals surface area contributed by atoms with Crippen LogP contribution in [-0.4, -0.2) is 21.1 Å². The van der Waals surface area contributed by atoms with Gasteiger partial charge in [-0.2, -0.15) is 5.10 Å². The molecule has 0 fully saturated rings. The quantitative estimate of drug-likeness (QED) is 0.765. The van der Waals surface area contributed by atoms with Crippen LogP contribution < -0.4 is 0 Å². The van der Waals surface area contributed by atoms with Crippen LogP contribution in [-0.2, 0) is 0 Å². The molecule has 0 atom stereocenters. The summed E-state index contributed by atoms with van der Waals surface area (Å²) in [6.07, 6.45) is 4.99. The minimum Gasteiger partial charge on any atom is -0.298 e. The van der Waals surface area contributed by atoms with Crippen molar-refractivity contribution in [1.29, 1.82) is 0 Å². The highest BCUT2D eigenvalue weighted by Crippen LogP contribution is 2.19. The van der Waals surface area contributed by atoms with Crippen LogP contribution in [0.2, 0.25) is 0 Å². The first kappa shape index (κ1) is 11.4. The van der Waals surface area contributed by atoms with Crippen molar-refractivity contribution in [2.45, 2.75) is 19.9 Å². The van der Waals surface area contributed by atoms with E-state index in [0.29, 0.717) is 12.0 Å². The van der Waals surface area contributed by atoms with Crippen molar-refractivity contribution in [1.82, 2.24) is 14.8 Å². The van der Waals surface area contributed by atoms with Crippen LogP contribution in [0.15, 0.2) is 24.7 Å². The van der Waals surface area contributed by atoms with E-state index in [2.05, 4.69) is 10.1 Å². The summed E-state index contributed by atoms with van der Waals surface area (Å²) >= 11 is 0. The number of rotatable bonds is 3. The van der Waals surface area contributed by atoms with Gasteiger partial charge in [0.1, 0.15) is 0 Å². The van der Waals surface area contributed by atoms with Gasteiger partial charge in [-0.05, 0) is 19.9 Å². The molecule has 2 aromatic heterocycles. The Morgan fingerprint density at radius 2 is 2.18 bits per heavy atom. The molecule has 0 aliphatic heterocycles. The molecule has 17 heavy (non-hydrogen) atoms. The zero-order chi connectivity index (χ0) is 12.4. The van der Waals surface area contributed by atoms with E-state index >= 15 is 0 Å². The second-order valence-corrected chi connectivity index (χ2v) is 4.01. The van der Waals surface area contributed by atoms with Gasteiger partial charge in [-0.15, -0.1) is 0 Å². The van der Waals surface area contributed by atoms with Crippen LogP contribution >= 0.6 is 0 Å². The fraction of sp³-hybridized carbons (Fsp3) is 0.250. The van der Waals surface area contributed by atoms with Gasteiger partial charge in [0.2, 0.25) is 0 Å². The molecule has 0 N–H and O–H groups in total. The number of aldehydes is 1. The summed E-state index contributed by atoms with van der Waals surface area (Å²) in [5.41, 5.74) is 1.31. The van der Waals surface area contributed by atoms with Crippen LogP contribution in [0.3, 0.4) is 0 Å². The Bertz CT molecular complexity index is 548. The smallest absolute Gasteiger partial charge is 0.153 e. The Morgan fingerprint density at radius 3 is 2.76 bits per heavy atom. The Labute approximate surface area is 98.1 Å². The molecule has 0 bridgehead atoms. The van der Waals surface area contributed by atoms with Gasteiger partial charge < -0.3 is 0 Å². The number of pyridine rings is 1. The molecule has 2 rings (SSSR count). The molecule has 0 saturated carbocycles. The summed E-state index contributed by atoms with van der Waals surface area (Å²) in [4.78, 5) is 14.6. The maximum absolute atomic E-state index is 13.1. The third-order valence-electron chi connectivity index (χ3n) is 2.44. The topological polar surface area (TPSA) is 47.8 Å². The van der Waals surface area contributed by atoms with Crippen LogP contribution in [0.1, 0.15) is 30.2 Å². The van der Waals surface area contributed by atoms with Gasteiger partial charge in [0.05, 0.1) is 23.7 Å². The van der Waals surface area contributed by atoms with E-state index in [9.17, 15) is 9.18 Å². The molecule has 88 valence electrons. The van der Waals surface area contributed by atoms with E-state index in [1.165, 1.54) is 6.07 Å². The van der Waals surface area contributed by atoms with Crippen LogP contribution in [0.5, 0.6) is 0 Å². The van der Waals surface area contributed by atoms with Gasteiger partial charge in [0, 0.05) is 17.8 Å². The lowest BCUT2D eigenvalue weighted by molar-refractivity contribution is 0.111. The number of carbonyl (C=O) groups excluding carboxylic acids is 1. The maximum atomic E-state index is 13.1. The Kier molecular flexibility index (Phi) is 2.99. The minimum absolute atomic E-state index is 0.00676. The highest BCUT2D eigenvalue weighted by atomic mass is 19.1. The number of aromatic nitrogens is 3. The lowest BCUT2D eigenvalue weighted by atomic mass is 10.2. The first-order valence-corrected chi connectivity index (χ1v) is 5.27. The SMILES string of the molecule is CC(C)n1cc(-c2cc(C=O)c(F)cn2)cn1. The number of hydrogen-bond donors (Lipinski definition) is 0. The Hall–Kier alpha value is -2.04. The van der Waals surface area contributed by atoms with Gasteiger partial charge in [-0.3, -0.25) is 14.5 Å². The predicted octanol–water partition coefficient (Wildman–Crippen LogP) is 2.48. The normalized spacial score (nSPS) is 10.8. The Morgan fingerprint density at radius 1 is 1.41 bits per heavy atom. The summed E-state index contributed by atoms with van der Waals surface area (Å²) in [6.45, 7) is 4.01. The van der Waals surface area contributed by atoms with E-state index < -0.39 is 5.82 Å². The summed E-state index contributed by atoms with van der Waals surface area (Å²) in [5.74, 6) is -0.611. The number of carbonyl (C=O) groups is 1. The van der Waals surface area contributed by atoms with Gasteiger partial charge in [-0.1, -0.05) is 0 Å². The summed E-state index contributed by atoms with van der Waals surface area (Å²) in [6, 6.07) is 1.67. The fourth-order valence-corrected chi connectivity index (χ4v) is 1.46. The third kappa shape index (κ3) is 2.22. The van der Waals surface area contributed by atoms with Crippen molar-refractivity contribution in [3.05, 3.63) is 36.0 Å². The van der Waals surface area contributed by atoms with Crippen LogP contribution in [0.25, 0.3) is 11.3 Å². The second-order valence-electron chi connectivity index (χ2n) is 4.01. The van der Waals surface area contributed by atoms with Crippen molar-refractivity contribution in [3.8, 4) is 11.3 Å². The first-order chi connectivity index (χ1) is 8.11. The third-order valence-corrected chi connectivity index (χ3v) is 2.44. The molecule has 2 aromatic rings. The highest BCUT2D eigenvalue weighted by Gasteiger charge is 2.08. The van der Waals surface area contributed by atoms with Gasteiger partial charge in [0.25, 0.3) is 0 Å². The highest BCUT2D eigenvalue weighted by molar-refractivity contribution is 5.77. The van der Waals surface area contributed by atoms with E-state index in [-0.39, 0.29) is 11.6 Å². The minimum atomic E-state index is -0.611. The molecular weight excluding hydrogens is 221 g/mol. The molecule has 0 amide bonds. The molecule has 0 aliphatic rings. The summed E-state index contributed by atoms with van der Waals surface area (Å²) in [5, 5.41) is 4.16. The number of halogens is 1. The molecular formula is C12H12FN3O. The fourth-order valence-electron chi connectivity index (χ4n) is 1.46. The standard InChI is InChI=1S/C12H12FN3O/c1-8(2)16-6-10(4-15-16)12-3-9(7-17)11(13)5-14-12/h3-8H,1-2H3. The predicted molar refractivity (Wildman–Crippen MR) is 61.2 cm³/mol. The lowest BCUT2D eigenvalue weighted by Gasteiger charge is -2.03. The van der Waals surface area contributed by atoms with Gasteiger partial charge in [-0.25, -0.2) is 4.39 Å². The van der Waals surface area contributed by atoms with E-state index in [4.69, 9.17) is 0 Å². The summed E-state index contributed by atoms with van der Waals surface area (Å²) in [7, 11) is 0. The molecule has 2 heterocycles. The van der Waals surface area contributed by atoms with Crippen molar-refractivity contribution >= 4 is 6.29 Å². The van der Waals surface area contributed by atoms with Crippen molar-refractivity contribution < 1.29 is 9.18 Å². The second kappa shape index (κ2) is 4.45. The van der Waals surface area contributed by atoms with Crippen molar-refractivity contribution in [3.63, 3.8) is 0 Å². The zero-order valence-electron chi connectivity index (χ0n) is 9.59. The van der Waals surface area contributed by atoms with E-state index in [1.807, 2.05) is 20.0 Å². The molecule has 0 aromatic carbocycles. The largest absolute Gasteiger partial charge is 0.298 e. The van der Waals surface area contributed by atoms with Crippen molar-refractivity contribution in [2.75, 3.05) is 0 Å². The average Bonchev–Trinajstić information content (AvgIpc) is 2.79. The molecule has 5 heteroatoms. The Balaban J connectivity index is 2.42. The summed E-state index contributed by atoms with van der Waals surface area (Å²) < 4.78 is 14.9. The lowest BCUT2D eigenvalue weighted by Crippen LogP contribution is -1.99. The molecule has 0 spiro atoms. The first-order valence-electron chi connectivity index (χ1n) is 5.27. The maximum Gasteiger partial charge on any atom is 0.153 e. The number of nitrogens with zero attached hydrogens (tertiary/aromatic N) is 3. The van der Waals surface area contributed by atoms with Gasteiger partial charge in [0.15, 0.2) is 12.1 Å². The van der Waals surface area contributed by atoms with E-state index in [0.717, 1.165) is 11.8 Å². The molecule has 4 nitrogen and oxygen atoms in total. The van der Waals surface area contributed by atoms with Crippen molar-refractivity contribution in [2.24, 2.45) is 0 Å². The molecule has 0 aliphatic carbocycles. The molecule has 0 unspecified atom stereocenters. The van der Waals surface area contributed by atoms with E-state index in [1.54, 1.807) is 10.9 Å². The zero-order valence-corrected chi connectivity index (χ0v) is 9.59. The molecule has 0 radical (unpaired) electrons. The monoisotopic (exact) mass is 233 g/mol. The number of hydrogen-bond acceptors (Lipinski definition) is 3. The molecule has 0 saturated heterocycles. The average molecular weight is 233 g/mol.